The second kappa shape index (κ2) is 6.58. The molecule has 2 aromatic carbocycles. The molecule has 22 heavy (non-hydrogen) atoms. The summed E-state index contributed by atoms with van der Waals surface area (Å²) in [5.74, 6) is 0. The summed E-state index contributed by atoms with van der Waals surface area (Å²) in [6.07, 6.45) is 1.09. The van der Waals surface area contributed by atoms with Gasteiger partial charge in [-0.3, -0.25) is 15.0 Å². The van der Waals surface area contributed by atoms with Crippen LogP contribution >= 0.6 is 0 Å². The molecule has 1 fully saturated rings. The number of hydrogen-bond acceptors (Lipinski definition) is 4. The van der Waals surface area contributed by atoms with Crippen LogP contribution in [0.25, 0.3) is 0 Å². The molecule has 0 radical (unpaired) electrons. The lowest BCUT2D eigenvalue weighted by atomic mass is 10.2. The van der Waals surface area contributed by atoms with Gasteiger partial charge in [-0.1, -0.05) is 30.3 Å². The molecular formula is C17H19N3O2. The average Bonchev–Trinajstić information content (AvgIpc) is 2.96. The van der Waals surface area contributed by atoms with Crippen molar-refractivity contribution in [1.29, 1.82) is 0 Å². The van der Waals surface area contributed by atoms with Crippen LogP contribution in [0.5, 0.6) is 0 Å². The van der Waals surface area contributed by atoms with Gasteiger partial charge in [0.25, 0.3) is 5.69 Å². The normalized spacial score (nSPS) is 18.3. The van der Waals surface area contributed by atoms with Gasteiger partial charge in [-0.15, -0.1) is 0 Å². The second-order valence-electron chi connectivity index (χ2n) is 5.65. The zero-order chi connectivity index (χ0) is 15.4. The molecule has 2 aromatic rings. The van der Waals surface area contributed by atoms with Gasteiger partial charge >= 0.3 is 0 Å². The predicted molar refractivity (Wildman–Crippen MR) is 86.8 cm³/mol. The van der Waals surface area contributed by atoms with E-state index in [1.807, 2.05) is 6.07 Å². The van der Waals surface area contributed by atoms with Crippen LogP contribution in [0.2, 0.25) is 0 Å². The second-order valence-corrected chi connectivity index (χ2v) is 5.65. The number of nitrogens with one attached hydrogen (secondary N) is 1. The zero-order valence-corrected chi connectivity index (χ0v) is 12.3. The minimum atomic E-state index is -0.374. The maximum atomic E-state index is 10.7. The van der Waals surface area contributed by atoms with Gasteiger partial charge in [0.1, 0.15) is 0 Å². The summed E-state index contributed by atoms with van der Waals surface area (Å²) in [7, 11) is 0. The van der Waals surface area contributed by atoms with Gasteiger partial charge in [0.15, 0.2) is 0 Å². The minimum Gasteiger partial charge on any atom is -0.381 e. The first-order valence-electron chi connectivity index (χ1n) is 7.48. The summed E-state index contributed by atoms with van der Waals surface area (Å²) >= 11 is 0. The first kappa shape index (κ1) is 14.5. The van der Waals surface area contributed by atoms with Crippen molar-refractivity contribution in [3.8, 4) is 0 Å². The van der Waals surface area contributed by atoms with E-state index in [1.54, 1.807) is 24.3 Å². The molecule has 3 rings (SSSR count). The Morgan fingerprint density at radius 2 is 1.86 bits per heavy atom. The first-order chi connectivity index (χ1) is 10.7. The number of likely N-dealkylation sites (tertiary alicyclic amines) is 1. The van der Waals surface area contributed by atoms with Crippen molar-refractivity contribution in [3.63, 3.8) is 0 Å². The standard InChI is InChI=1S/C17H19N3O2/c21-20(22)17-8-6-15(7-9-17)18-16-10-11-19(13-16)12-14-4-2-1-3-5-14/h1-9,16,18H,10-13H2. The molecule has 1 aliphatic rings. The lowest BCUT2D eigenvalue weighted by molar-refractivity contribution is -0.384. The highest BCUT2D eigenvalue weighted by Crippen LogP contribution is 2.20. The van der Waals surface area contributed by atoms with Gasteiger partial charge in [0.05, 0.1) is 4.92 Å². The van der Waals surface area contributed by atoms with Crippen LogP contribution in [0.15, 0.2) is 54.6 Å². The summed E-state index contributed by atoms with van der Waals surface area (Å²) in [5.41, 5.74) is 2.40. The molecule has 0 spiro atoms. The SMILES string of the molecule is O=[N+]([O-])c1ccc(NC2CCN(Cc3ccccc3)C2)cc1. The van der Waals surface area contributed by atoms with Crippen molar-refractivity contribution in [2.24, 2.45) is 0 Å². The number of nitrogens with zero attached hydrogens (tertiary/aromatic N) is 2. The van der Waals surface area contributed by atoms with Crippen LogP contribution in [-0.4, -0.2) is 29.0 Å². The Kier molecular flexibility index (Phi) is 4.34. The molecule has 1 atom stereocenters. The first-order valence-corrected chi connectivity index (χ1v) is 7.48. The Morgan fingerprint density at radius 1 is 1.14 bits per heavy atom. The molecule has 1 heterocycles. The van der Waals surface area contributed by atoms with Crippen LogP contribution in [-0.2, 0) is 6.54 Å². The van der Waals surface area contributed by atoms with Crippen LogP contribution < -0.4 is 5.32 Å². The van der Waals surface area contributed by atoms with Gasteiger partial charge in [-0.25, -0.2) is 0 Å². The van der Waals surface area contributed by atoms with Gasteiger partial charge < -0.3 is 5.32 Å². The fourth-order valence-electron chi connectivity index (χ4n) is 2.85. The molecule has 0 amide bonds. The summed E-state index contributed by atoms with van der Waals surface area (Å²) in [6, 6.07) is 17.5. The van der Waals surface area contributed by atoms with Crippen molar-refractivity contribution in [2.75, 3.05) is 18.4 Å². The van der Waals surface area contributed by atoms with E-state index in [0.717, 1.165) is 31.7 Å². The molecule has 1 saturated heterocycles. The van der Waals surface area contributed by atoms with E-state index in [2.05, 4.69) is 34.5 Å². The van der Waals surface area contributed by atoms with Crippen LogP contribution in [0.4, 0.5) is 11.4 Å². The van der Waals surface area contributed by atoms with E-state index in [1.165, 1.54) is 5.56 Å². The highest BCUT2D eigenvalue weighted by molar-refractivity contribution is 5.49. The Bertz CT molecular complexity index is 628. The maximum Gasteiger partial charge on any atom is 0.269 e. The molecular weight excluding hydrogens is 278 g/mol. The lowest BCUT2D eigenvalue weighted by Crippen LogP contribution is -2.25. The monoisotopic (exact) mass is 297 g/mol. The van der Waals surface area contributed by atoms with Gasteiger partial charge in [-0.05, 0) is 24.1 Å². The molecule has 1 N–H and O–H groups in total. The van der Waals surface area contributed by atoms with Crippen LogP contribution in [0.1, 0.15) is 12.0 Å². The van der Waals surface area contributed by atoms with Crippen molar-refractivity contribution in [3.05, 3.63) is 70.3 Å². The Balaban J connectivity index is 1.53. The average molecular weight is 297 g/mol. The Hall–Kier alpha value is -2.40. The number of anilines is 1. The fourth-order valence-corrected chi connectivity index (χ4v) is 2.85. The number of non-ortho nitro benzene ring substituents is 1. The van der Waals surface area contributed by atoms with Crippen molar-refractivity contribution >= 4 is 11.4 Å². The highest BCUT2D eigenvalue weighted by Gasteiger charge is 2.22. The number of nitro groups is 1. The molecule has 0 bridgehead atoms. The topological polar surface area (TPSA) is 58.4 Å². The van der Waals surface area contributed by atoms with E-state index < -0.39 is 0 Å². The van der Waals surface area contributed by atoms with E-state index in [-0.39, 0.29) is 10.6 Å². The number of nitro benzene ring substituents is 1. The van der Waals surface area contributed by atoms with Crippen molar-refractivity contribution in [1.82, 2.24) is 4.90 Å². The summed E-state index contributed by atoms with van der Waals surface area (Å²) in [5, 5.41) is 14.1. The Morgan fingerprint density at radius 3 is 2.55 bits per heavy atom. The molecule has 0 aromatic heterocycles. The van der Waals surface area contributed by atoms with E-state index in [9.17, 15) is 10.1 Å². The number of benzene rings is 2. The smallest absolute Gasteiger partial charge is 0.269 e. The predicted octanol–water partition coefficient (Wildman–Crippen LogP) is 3.28. The molecule has 5 heteroatoms. The van der Waals surface area contributed by atoms with Crippen molar-refractivity contribution < 1.29 is 4.92 Å². The number of rotatable bonds is 5. The third-order valence-electron chi connectivity index (χ3n) is 3.97. The molecule has 1 aliphatic heterocycles. The largest absolute Gasteiger partial charge is 0.381 e. The van der Waals surface area contributed by atoms with Gasteiger partial charge in [0.2, 0.25) is 0 Å². The number of hydrogen-bond donors (Lipinski definition) is 1. The van der Waals surface area contributed by atoms with Crippen LogP contribution in [0.3, 0.4) is 0 Å². The summed E-state index contributed by atoms with van der Waals surface area (Å²) in [6.45, 7) is 3.03. The molecule has 114 valence electrons. The van der Waals surface area contributed by atoms with Gasteiger partial charge in [0, 0.05) is 43.5 Å². The highest BCUT2D eigenvalue weighted by atomic mass is 16.6. The Labute approximate surface area is 129 Å². The van der Waals surface area contributed by atoms with Crippen molar-refractivity contribution in [2.45, 2.75) is 19.0 Å². The third-order valence-corrected chi connectivity index (χ3v) is 3.97. The molecule has 5 nitrogen and oxygen atoms in total. The third kappa shape index (κ3) is 3.62. The summed E-state index contributed by atoms with van der Waals surface area (Å²) in [4.78, 5) is 12.7. The van der Waals surface area contributed by atoms with E-state index in [4.69, 9.17) is 0 Å². The quantitative estimate of drug-likeness (QED) is 0.679. The molecule has 0 aliphatic carbocycles. The lowest BCUT2D eigenvalue weighted by Gasteiger charge is -2.17. The molecule has 1 unspecified atom stereocenters. The molecule has 0 saturated carbocycles. The maximum absolute atomic E-state index is 10.7. The van der Waals surface area contributed by atoms with E-state index >= 15 is 0 Å². The fraction of sp³-hybridized carbons (Fsp3) is 0.294. The van der Waals surface area contributed by atoms with Gasteiger partial charge in [-0.2, -0.15) is 0 Å². The minimum absolute atomic E-state index is 0.127. The zero-order valence-electron chi connectivity index (χ0n) is 12.3. The summed E-state index contributed by atoms with van der Waals surface area (Å²) < 4.78 is 0. The van der Waals surface area contributed by atoms with E-state index in [0.29, 0.717) is 6.04 Å². The van der Waals surface area contributed by atoms with Crippen LogP contribution in [0, 0.1) is 10.1 Å².